The predicted molar refractivity (Wildman–Crippen MR) is 64.1 cm³/mol. The second kappa shape index (κ2) is 7.01. The van der Waals surface area contributed by atoms with Gasteiger partial charge in [-0.25, -0.2) is 4.39 Å². The van der Waals surface area contributed by atoms with Crippen LogP contribution in [-0.2, 0) is 6.54 Å². The van der Waals surface area contributed by atoms with Crippen LogP contribution in [-0.4, -0.2) is 13.7 Å². The Balaban J connectivity index is 2.59. The zero-order valence-electron chi connectivity index (χ0n) is 9.63. The molecule has 1 aromatic rings. The van der Waals surface area contributed by atoms with Gasteiger partial charge in [-0.15, -0.1) is 6.58 Å². The molecular weight excluding hydrogens is 205 g/mol. The van der Waals surface area contributed by atoms with E-state index in [1.165, 1.54) is 12.1 Å². The van der Waals surface area contributed by atoms with Crippen LogP contribution in [0.4, 0.5) is 4.39 Å². The fraction of sp³-hybridized carbons (Fsp3) is 0.385. The van der Waals surface area contributed by atoms with Gasteiger partial charge in [0.1, 0.15) is 11.6 Å². The SMILES string of the molecule is C=CCCCOc1ccc(F)cc1CNC. The molecule has 0 spiro atoms. The lowest BCUT2D eigenvalue weighted by atomic mass is 10.2. The highest BCUT2D eigenvalue weighted by Gasteiger charge is 2.04. The average molecular weight is 223 g/mol. The first-order valence-corrected chi connectivity index (χ1v) is 5.44. The van der Waals surface area contributed by atoms with Gasteiger partial charge in [0.25, 0.3) is 0 Å². The zero-order chi connectivity index (χ0) is 11.8. The Labute approximate surface area is 96.1 Å². The summed E-state index contributed by atoms with van der Waals surface area (Å²) in [6.45, 7) is 4.89. The van der Waals surface area contributed by atoms with E-state index in [1.54, 1.807) is 6.07 Å². The molecule has 0 aliphatic heterocycles. The normalized spacial score (nSPS) is 10.1. The summed E-state index contributed by atoms with van der Waals surface area (Å²) < 4.78 is 18.6. The van der Waals surface area contributed by atoms with Crippen LogP contribution >= 0.6 is 0 Å². The molecule has 0 saturated heterocycles. The van der Waals surface area contributed by atoms with E-state index >= 15 is 0 Å². The number of rotatable bonds is 7. The molecule has 0 aliphatic rings. The van der Waals surface area contributed by atoms with Crippen LogP contribution in [0.25, 0.3) is 0 Å². The number of hydrogen-bond donors (Lipinski definition) is 1. The topological polar surface area (TPSA) is 21.3 Å². The zero-order valence-corrected chi connectivity index (χ0v) is 9.63. The molecule has 1 aromatic carbocycles. The highest BCUT2D eigenvalue weighted by Crippen LogP contribution is 2.19. The summed E-state index contributed by atoms with van der Waals surface area (Å²) in [5, 5.41) is 2.99. The first kappa shape index (κ1) is 12.7. The molecular formula is C13H18FNO. The molecule has 0 aromatic heterocycles. The lowest BCUT2D eigenvalue weighted by Gasteiger charge is -2.11. The molecule has 0 fully saturated rings. The largest absolute Gasteiger partial charge is 0.493 e. The third-order valence-corrected chi connectivity index (χ3v) is 2.20. The Morgan fingerprint density at radius 1 is 1.50 bits per heavy atom. The van der Waals surface area contributed by atoms with Crippen molar-refractivity contribution in [2.24, 2.45) is 0 Å². The lowest BCUT2D eigenvalue weighted by Crippen LogP contribution is -2.08. The van der Waals surface area contributed by atoms with Crippen LogP contribution in [0.3, 0.4) is 0 Å². The summed E-state index contributed by atoms with van der Waals surface area (Å²) in [4.78, 5) is 0. The molecule has 2 nitrogen and oxygen atoms in total. The molecule has 0 atom stereocenters. The van der Waals surface area contributed by atoms with Crippen LogP contribution < -0.4 is 10.1 Å². The second-order valence-corrected chi connectivity index (χ2v) is 3.56. The van der Waals surface area contributed by atoms with Crippen molar-refractivity contribution < 1.29 is 9.13 Å². The molecule has 0 amide bonds. The van der Waals surface area contributed by atoms with Gasteiger partial charge in [-0.3, -0.25) is 0 Å². The van der Waals surface area contributed by atoms with Gasteiger partial charge in [0, 0.05) is 12.1 Å². The quantitative estimate of drug-likeness (QED) is 0.567. The molecule has 1 rings (SSSR count). The van der Waals surface area contributed by atoms with Crippen molar-refractivity contribution in [1.29, 1.82) is 0 Å². The molecule has 88 valence electrons. The molecule has 0 saturated carbocycles. The summed E-state index contributed by atoms with van der Waals surface area (Å²) in [6.07, 6.45) is 3.73. The van der Waals surface area contributed by atoms with Crippen molar-refractivity contribution in [2.45, 2.75) is 19.4 Å². The van der Waals surface area contributed by atoms with E-state index in [9.17, 15) is 4.39 Å². The van der Waals surface area contributed by atoms with Crippen LogP contribution in [0, 0.1) is 5.82 Å². The predicted octanol–water partition coefficient (Wildman–Crippen LogP) is 2.89. The minimum atomic E-state index is -0.233. The monoisotopic (exact) mass is 223 g/mol. The van der Waals surface area contributed by atoms with Crippen LogP contribution in [0.5, 0.6) is 5.75 Å². The van der Waals surface area contributed by atoms with Gasteiger partial charge in [0.2, 0.25) is 0 Å². The molecule has 3 heteroatoms. The van der Waals surface area contributed by atoms with Crippen LogP contribution in [0.1, 0.15) is 18.4 Å². The van der Waals surface area contributed by atoms with Crippen molar-refractivity contribution in [3.05, 3.63) is 42.2 Å². The first-order valence-electron chi connectivity index (χ1n) is 5.44. The molecule has 1 N–H and O–H groups in total. The van der Waals surface area contributed by atoms with Gasteiger partial charge >= 0.3 is 0 Å². The average Bonchev–Trinajstić information content (AvgIpc) is 2.27. The van der Waals surface area contributed by atoms with Crippen molar-refractivity contribution in [1.82, 2.24) is 5.32 Å². The number of benzene rings is 1. The number of halogens is 1. The fourth-order valence-electron chi connectivity index (χ4n) is 1.43. The number of ether oxygens (including phenoxy) is 1. The highest BCUT2D eigenvalue weighted by atomic mass is 19.1. The van der Waals surface area contributed by atoms with Gasteiger partial charge in [0.05, 0.1) is 6.61 Å². The van der Waals surface area contributed by atoms with Crippen molar-refractivity contribution in [3.63, 3.8) is 0 Å². The summed E-state index contributed by atoms with van der Waals surface area (Å²) in [6, 6.07) is 4.59. The molecule has 16 heavy (non-hydrogen) atoms. The first-order chi connectivity index (χ1) is 7.77. The maximum Gasteiger partial charge on any atom is 0.123 e. The Hall–Kier alpha value is -1.35. The van der Waals surface area contributed by atoms with Gasteiger partial charge < -0.3 is 10.1 Å². The molecule has 0 aliphatic carbocycles. The summed E-state index contributed by atoms with van der Waals surface area (Å²) in [7, 11) is 1.83. The van der Waals surface area contributed by atoms with E-state index in [0.29, 0.717) is 13.2 Å². The Kier molecular flexibility index (Phi) is 5.57. The summed E-state index contributed by atoms with van der Waals surface area (Å²) in [5.41, 5.74) is 0.848. The number of allylic oxidation sites excluding steroid dienone is 1. The standard InChI is InChI=1S/C13H18FNO/c1-3-4-5-8-16-13-7-6-12(14)9-11(13)10-15-2/h3,6-7,9,15H,1,4-5,8,10H2,2H3. The third kappa shape index (κ3) is 4.03. The van der Waals surface area contributed by atoms with Crippen molar-refractivity contribution in [2.75, 3.05) is 13.7 Å². The minimum absolute atomic E-state index is 0.233. The maximum absolute atomic E-state index is 13.0. The van der Waals surface area contributed by atoms with Crippen molar-refractivity contribution >= 4 is 0 Å². The van der Waals surface area contributed by atoms with Gasteiger partial charge in [-0.2, -0.15) is 0 Å². The van der Waals surface area contributed by atoms with E-state index in [2.05, 4.69) is 11.9 Å². The summed E-state index contributed by atoms with van der Waals surface area (Å²) >= 11 is 0. The Bertz CT molecular complexity index is 339. The van der Waals surface area contributed by atoms with Gasteiger partial charge in [-0.05, 0) is 38.1 Å². The molecule has 0 heterocycles. The smallest absolute Gasteiger partial charge is 0.123 e. The lowest BCUT2D eigenvalue weighted by molar-refractivity contribution is 0.308. The van der Waals surface area contributed by atoms with Gasteiger partial charge in [0.15, 0.2) is 0 Å². The summed E-state index contributed by atoms with van der Waals surface area (Å²) in [5.74, 6) is 0.517. The van der Waals surface area contributed by atoms with Gasteiger partial charge in [-0.1, -0.05) is 6.08 Å². The van der Waals surface area contributed by atoms with Crippen LogP contribution in [0.2, 0.25) is 0 Å². The third-order valence-electron chi connectivity index (χ3n) is 2.20. The molecule has 0 unspecified atom stereocenters. The maximum atomic E-state index is 13.0. The van der Waals surface area contributed by atoms with Crippen molar-refractivity contribution in [3.8, 4) is 5.75 Å². The van der Waals surface area contributed by atoms with E-state index in [1.807, 2.05) is 13.1 Å². The molecule has 0 bridgehead atoms. The van der Waals surface area contributed by atoms with E-state index < -0.39 is 0 Å². The minimum Gasteiger partial charge on any atom is -0.493 e. The Morgan fingerprint density at radius 3 is 3.00 bits per heavy atom. The van der Waals surface area contributed by atoms with Crippen LogP contribution in [0.15, 0.2) is 30.9 Å². The fourth-order valence-corrected chi connectivity index (χ4v) is 1.43. The van der Waals surface area contributed by atoms with E-state index in [4.69, 9.17) is 4.74 Å². The number of nitrogens with one attached hydrogen (secondary N) is 1. The number of unbranched alkanes of at least 4 members (excludes halogenated alkanes) is 1. The van der Waals surface area contributed by atoms with E-state index in [-0.39, 0.29) is 5.82 Å². The number of hydrogen-bond acceptors (Lipinski definition) is 2. The molecule has 0 radical (unpaired) electrons. The van der Waals surface area contributed by atoms with E-state index in [0.717, 1.165) is 24.2 Å². The Morgan fingerprint density at radius 2 is 2.31 bits per heavy atom. The highest BCUT2D eigenvalue weighted by molar-refractivity contribution is 5.33. The second-order valence-electron chi connectivity index (χ2n) is 3.56.